The average Bonchev–Trinajstić information content (AvgIpc) is 2.92. The number of anilines is 1. The summed E-state index contributed by atoms with van der Waals surface area (Å²) >= 11 is 2.17. The fraction of sp³-hybridized carbons (Fsp3) is 0.200. The third-order valence-electron chi connectivity index (χ3n) is 4.36. The SMILES string of the molecule is Cc1cc(I)ccc1NC(=O)COC(=O)C(C)N1C(=O)c2ccccc2C1=O. The molecule has 1 heterocycles. The molecular weight excluding hydrogens is 475 g/mol. The first-order valence-electron chi connectivity index (χ1n) is 8.49. The number of hydrogen-bond donors (Lipinski definition) is 1. The van der Waals surface area contributed by atoms with Gasteiger partial charge in [-0.05, 0) is 72.3 Å². The van der Waals surface area contributed by atoms with Gasteiger partial charge in [-0.3, -0.25) is 19.3 Å². The largest absolute Gasteiger partial charge is 0.454 e. The van der Waals surface area contributed by atoms with Gasteiger partial charge in [0.05, 0.1) is 11.1 Å². The van der Waals surface area contributed by atoms with Gasteiger partial charge in [0, 0.05) is 9.26 Å². The minimum absolute atomic E-state index is 0.249. The summed E-state index contributed by atoms with van der Waals surface area (Å²) in [7, 11) is 0. The number of hydrogen-bond acceptors (Lipinski definition) is 5. The zero-order valence-electron chi connectivity index (χ0n) is 15.2. The summed E-state index contributed by atoms with van der Waals surface area (Å²) in [5, 5.41) is 2.67. The average molecular weight is 492 g/mol. The summed E-state index contributed by atoms with van der Waals surface area (Å²) in [5.74, 6) is -2.44. The molecule has 1 N–H and O–H groups in total. The van der Waals surface area contributed by atoms with Crippen molar-refractivity contribution in [2.75, 3.05) is 11.9 Å². The van der Waals surface area contributed by atoms with E-state index < -0.39 is 36.3 Å². The molecule has 1 unspecified atom stereocenters. The second-order valence-corrected chi connectivity index (χ2v) is 7.56. The first-order chi connectivity index (χ1) is 13.3. The van der Waals surface area contributed by atoms with E-state index >= 15 is 0 Å². The quantitative estimate of drug-likeness (QED) is 0.394. The molecule has 7 nitrogen and oxygen atoms in total. The Morgan fingerprint density at radius 2 is 1.71 bits per heavy atom. The van der Waals surface area contributed by atoms with Crippen molar-refractivity contribution in [2.45, 2.75) is 19.9 Å². The van der Waals surface area contributed by atoms with Crippen LogP contribution in [-0.4, -0.2) is 41.2 Å². The fourth-order valence-corrected chi connectivity index (χ4v) is 3.52. The van der Waals surface area contributed by atoms with Gasteiger partial charge >= 0.3 is 5.97 Å². The number of imide groups is 1. The Morgan fingerprint density at radius 3 is 2.29 bits per heavy atom. The number of carbonyl (C=O) groups excluding carboxylic acids is 4. The number of fused-ring (bicyclic) bond motifs is 1. The number of benzene rings is 2. The van der Waals surface area contributed by atoms with E-state index in [1.165, 1.54) is 19.1 Å². The zero-order valence-corrected chi connectivity index (χ0v) is 17.3. The van der Waals surface area contributed by atoms with Crippen molar-refractivity contribution >= 4 is 52.0 Å². The topological polar surface area (TPSA) is 92.8 Å². The predicted molar refractivity (Wildman–Crippen MR) is 110 cm³/mol. The maximum atomic E-state index is 12.4. The highest BCUT2D eigenvalue weighted by Crippen LogP contribution is 2.24. The van der Waals surface area contributed by atoms with Crippen LogP contribution in [0, 0.1) is 10.5 Å². The van der Waals surface area contributed by atoms with Crippen molar-refractivity contribution in [3.05, 3.63) is 62.7 Å². The van der Waals surface area contributed by atoms with Crippen LogP contribution in [0.5, 0.6) is 0 Å². The molecule has 3 rings (SSSR count). The van der Waals surface area contributed by atoms with Gasteiger partial charge in [0.25, 0.3) is 17.7 Å². The summed E-state index contributed by atoms with van der Waals surface area (Å²) in [4.78, 5) is 50.0. The van der Waals surface area contributed by atoms with Gasteiger partial charge in [-0.2, -0.15) is 0 Å². The third-order valence-corrected chi connectivity index (χ3v) is 5.03. The normalized spacial score (nSPS) is 13.9. The van der Waals surface area contributed by atoms with E-state index in [2.05, 4.69) is 27.9 Å². The molecule has 1 aliphatic heterocycles. The first kappa shape index (κ1) is 20.0. The van der Waals surface area contributed by atoms with E-state index in [4.69, 9.17) is 4.74 Å². The second kappa shape index (κ2) is 8.09. The molecule has 144 valence electrons. The number of carbonyl (C=O) groups is 4. The first-order valence-corrected chi connectivity index (χ1v) is 9.57. The van der Waals surface area contributed by atoms with Gasteiger partial charge in [-0.15, -0.1) is 0 Å². The maximum Gasteiger partial charge on any atom is 0.329 e. The highest BCUT2D eigenvalue weighted by molar-refractivity contribution is 14.1. The molecule has 0 spiro atoms. The Hall–Kier alpha value is -2.75. The molecular formula is C20H17IN2O5. The van der Waals surface area contributed by atoms with E-state index in [1.807, 2.05) is 19.1 Å². The maximum absolute atomic E-state index is 12.4. The molecule has 2 aromatic carbocycles. The Morgan fingerprint density at radius 1 is 1.11 bits per heavy atom. The van der Waals surface area contributed by atoms with Crippen molar-refractivity contribution in [3.63, 3.8) is 0 Å². The molecule has 8 heteroatoms. The molecule has 2 aromatic rings. The van der Waals surface area contributed by atoms with Crippen LogP contribution in [-0.2, 0) is 14.3 Å². The van der Waals surface area contributed by atoms with E-state index in [0.717, 1.165) is 14.0 Å². The molecule has 0 aromatic heterocycles. The Kier molecular flexibility index (Phi) is 5.78. The second-order valence-electron chi connectivity index (χ2n) is 6.32. The minimum atomic E-state index is -1.14. The van der Waals surface area contributed by atoms with Gasteiger partial charge in [-0.25, -0.2) is 4.79 Å². The number of aryl methyl sites for hydroxylation is 1. The van der Waals surface area contributed by atoms with Crippen LogP contribution < -0.4 is 5.32 Å². The van der Waals surface area contributed by atoms with Crippen molar-refractivity contribution in [2.24, 2.45) is 0 Å². The smallest absolute Gasteiger partial charge is 0.329 e. The van der Waals surface area contributed by atoms with E-state index in [9.17, 15) is 19.2 Å². The third kappa shape index (κ3) is 3.91. The molecule has 0 saturated carbocycles. The Balaban J connectivity index is 1.60. The van der Waals surface area contributed by atoms with Gasteiger partial charge in [-0.1, -0.05) is 12.1 Å². The number of rotatable bonds is 5. The molecule has 1 aliphatic rings. The number of nitrogens with one attached hydrogen (secondary N) is 1. The van der Waals surface area contributed by atoms with Crippen molar-refractivity contribution in [3.8, 4) is 0 Å². The van der Waals surface area contributed by atoms with Crippen molar-refractivity contribution in [1.29, 1.82) is 0 Å². The lowest BCUT2D eigenvalue weighted by Gasteiger charge is -2.20. The van der Waals surface area contributed by atoms with Gasteiger partial charge in [0.1, 0.15) is 6.04 Å². The molecule has 1 atom stereocenters. The molecule has 3 amide bonds. The van der Waals surface area contributed by atoms with E-state index in [1.54, 1.807) is 18.2 Å². The number of esters is 1. The fourth-order valence-electron chi connectivity index (χ4n) is 2.88. The number of ether oxygens (including phenoxy) is 1. The molecule has 28 heavy (non-hydrogen) atoms. The number of halogens is 1. The monoisotopic (exact) mass is 492 g/mol. The summed E-state index contributed by atoms with van der Waals surface area (Å²) in [6.45, 7) is 2.73. The van der Waals surface area contributed by atoms with Crippen LogP contribution in [0.2, 0.25) is 0 Å². The molecule has 0 bridgehead atoms. The van der Waals surface area contributed by atoms with Crippen LogP contribution >= 0.6 is 22.6 Å². The van der Waals surface area contributed by atoms with E-state index in [0.29, 0.717) is 5.69 Å². The molecule has 0 saturated heterocycles. The van der Waals surface area contributed by atoms with Crippen LogP contribution in [0.25, 0.3) is 0 Å². The number of nitrogens with zero attached hydrogens (tertiary/aromatic N) is 1. The highest BCUT2D eigenvalue weighted by atomic mass is 127. The van der Waals surface area contributed by atoms with Gasteiger partial charge < -0.3 is 10.1 Å². The number of amides is 3. The minimum Gasteiger partial charge on any atom is -0.454 e. The zero-order chi connectivity index (χ0) is 20.4. The Labute approximate surface area is 175 Å². The van der Waals surface area contributed by atoms with Crippen LogP contribution in [0.1, 0.15) is 33.2 Å². The lowest BCUT2D eigenvalue weighted by Crippen LogP contribution is -2.44. The van der Waals surface area contributed by atoms with Gasteiger partial charge in [0.2, 0.25) is 0 Å². The lowest BCUT2D eigenvalue weighted by atomic mass is 10.1. The van der Waals surface area contributed by atoms with E-state index in [-0.39, 0.29) is 11.1 Å². The summed E-state index contributed by atoms with van der Waals surface area (Å²) in [6, 6.07) is 10.7. The standard InChI is InChI=1S/C20H17IN2O5/c1-11-9-13(21)7-8-16(11)22-17(24)10-28-20(27)12(2)23-18(25)14-5-3-4-6-15(14)19(23)26/h3-9,12H,10H2,1-2H3,(H,22,24). The molecule has 0 aliphatic carbocycles. The summed E-state index contributed by atoms with van der Waals surface area (Å²) in [6.07, 6.45) is 0. The lowest BCUT2D eigenvalue weighted by molar-refractivity contribution is -0.150. The van der Waals surface area contributed by atoms with Gasteiger partial charge in [0.15, 0.2) is 6.61 Å². The summed E-state index contributed by atoms with van der Waals surface area (Å²) < 4.78 is 6.05. The summed E-state index contributed by atoms with van der Waals surface area (Å²) in [5.41, 5.74) is 2.00. The Bertz CT molecular complexity index is 953. The van der Waals surface area contributed by atoms with Crippen LogP contribution in [0.15, 0.2) is 42.5 Å². The van der Waals surface area contributed by atoms with Crippen molar-refractivity contribution in [1.82, 2.24) is 4.90 Å². The van der Waals surface area contributed by atoms with Crippen LogP contribution in [0.4, 0.5) is 5.69 Å². The van der Waals surface area contributed by atoms with Crippen LogP contribution in [0.3, 0.4) is 0 Å². The molecule has 0 radical (unpaired) electrons. The predicted octanol–water partition coefficient (Wildman–Crippen LogP) is 2.77. The highest BCUT2D eigenvalue weighted by Gasteiger charge is 2.41. The van der Waals surface area contributed by atoms with Crippen molar-refractivity contribution < 1.29 is 23.9 Å². The molecule has 0 fully saturated rings.